The smallest absolute Gasteiger partial charge is 0.478 e. The first-order valence-corrected chi connectivity index (χ1v) is 6.74. The Morgan fingerprint density at radius 1 is 1.22 bits per heavy atom. The largest absolute Gasteiger partial charge is 0.573 e. The summed E-state index contributed by atoms with van der Waals surface area (Å²) in [6.07, 6.45) is -12.1. The lowest BCUT2D eigenvalue weighted by molar-refractivity contribution is -0.274. The second kappa shape index (κ2) is 5.76. The van der Waals surface area contributed by atoms with Gasteiger partial charge >= 0.3 is 18.5 Å². The van der Waals surface area contributed by atoms with Gasteiger partial charge in [0.05, 0.1) is 9.14 Å². The Bertz CT molecular complexity index is 679. The van der Waals surface area contributed by atoms with Crippen molar-refractivity contribution in [2.45, 2.75) is 18.6 Å². The summed E-state index contributed by atoms with van der Waals surface area (Å²) in [6.45, 7) is 0. The molecule has 4 nitrogen and oxygen atoms in total. The highest BCUT2D eigenvalue weighted by atomic mass is 127. The molecule has 0 fully saturated rings. The van der Waals surface area contributed by atoms with Crippen LogP contribution in [-0.2, 0) is 4.79 Å². The Hall–Kier alpha value is -1.66. The molecule has 0 spiro atoms. The first-order valence-electron chi connectivity index (χ1n) is 5.66. The SMILES string of the molecule is O=C(O)C1=Cc2cc(OC(F)(F)F)cc(I)c2OC1C(F)(F)F. The maximum atomic E-state index is 12.9. The molecule has 23 heavy (non-hydrogen) atoms. The number of hydrogen-bond donors (Lipinski definition) is 1. The molecule has 0 aliphatic carbocycles. The second-order valence-corrected chi connectivity index (χ2v) is 5.48. The lowest BCUT2D eigenvalue weighted by Gasteiger charge is -2.28. The average Bonchev–Trinajstić information content (AvgIpc) is 2.33. The van der Waals surface area contributed by atoms with E-state index in [0.717, 1.165) is 12.1 Å². The number of ether oxygens (including phenoxy) is 2. The molecular formula is C12H5F6IO4. The molecule has 0 aromatic heterocycles. The predicted octanol–water partition coefficient (Wildman–Crippen LogP) is 3.98. The molecule has 2 rings (SSSR count). The molecule has 1 heterocycles. The molecule has 0 saturated heterocycles. The molecule has 0 amide bonds. The van der Waals surface area contributed by atoms with Gasteiger partial charge in [-0.1, -0.05) is 0 Å². The van der Waals surface area contributed by atoms with Gasteiger partial charge in [0.15, 0.2) is 0 Å². The van der Waals surface area contributed by atoms with Crippen molar-refractivity contribution in [3.8, 4) is 11.5 Å². The lowest BCUT2D eigenvalue weighted by Crippen LogP contribution is -2.40. The third-order valence-corrected chi connectivity index (χ3v) is 3.45. The van der Waals surface area contributed by atoms with Crippen molar-refractivity contribution in [3.63, 3.8) is 0 Å². The van der Waals surface area contributed by atoms with Gasteiger partial charge in [-0.2, -0.15) is 13.2 Å². The average molecular weight is 454 g/mol. The van der Waals surface area contributed by atoms with E-state index < -0.39 is 35.9 Å². The van der Waals surface area contributed by atoms with Gasteiger partial charge in [-0.15, -0.1) is 13.2 Å². The summed E-state index contributed by atoms with van der Waals surface area (Å²) in [5.74, 6) is -2.96. The quantitative estimate of drug-likeness (QED) is 0.543. The van der Waals surface area contributed by atoms with Gasteiger partial charge in [-0.3, -0.25) is 0 Å². The van der Waals surface area contributed by atoms with Gasteiger partial charge in [0, 0.05) is 5.56 Å². The van der Waals surface area contributed by atoms with Crippen LogP contribution < -0.4 is 9.47 Å². The Morgan fingerprint density at radius 2 is 1.83 bits per heavy atom. The van der Waals surface area contributed by atoms with Crippen LogP contribution in [0.15, 0.2) is 17.7 Å². The first-order chi connectivity index (χ1) is 10.4. The van der Waals surface area contributed by atoms with E-state index in [4.69, 9.17) is 5.11 Å². The van der Waals surface area contributed by atoms with E-state index in [2.05, 4.69) is 9.47 Å². The highest BCUT2D eigenvalue weighted by Gasteiger charge is 2.48. The topological polar surface area (TPSA) is 55.8 Å². The predicted molar refractivity (Wildman–Crippen MR) is 71.9 cm³/mol. The summed E-state index contributed by atoms with van der Waals surface area (Å²) in [6, 6.07) is 1.58. The van der Waals surface area contributed by atoms with E-state index in [0.29, 0.717) is 6.08 Å². The molecule has 1 aliphatic rings. The van der Waals surface area contributed by atoms with Crippen molar-refractivity contribution in [1.29, 1.82) is 0 Å². The summed E-state index contributed by atoms with van der Waals surface area (Å²) in [7, 11) is 0. The van der Waals surface area contributed by atoms with Crippen LogP contribution in [0.25, 0.3) is 6.08 Å². The molecule has 0 saturated carbocycles. The Labute approximate surface area is 137 Å². The lowest BCUT2D eigenvalue weighted by atomic mass is 10.0. The molecule has 1 aromatic rings. The van der Waals surface area contributed by atoms with E-state index in [1.54, 1.807) is 0 Å². The number of carboxylic acid groups (broad SMARTS) is 1. The molecule has 1 unspecified atom stereocenters. The van der Waals surface area contributed by atoms with Crippen molar-refractivity contribution in [3.05, 3.63) is 26.8 Å². The number of carbonyl (C=O) groups is 1. The van der Waals surface area contributed by atoms with Gasteiger partial charge < -0.3 is 14.6 Å². The van der Waals surface area contributed by atoms with Crippen molar-refractivity contribution < 1.29 is 45.7 Å². The third kappa shape index (κ3) is 4.00. The minimum Gasteiger partial charge on any atom is -0.478 e. The maximum absolute atomic E-state index is 12.9. The molecule has 126 valence electrons. The van der Waals surface area contributed by atoms with Crippen LogP contribution in [0.2, 0.25) is 0 Å². The zero-order valence-corrected chi connectivity index (χ0v) is 12.8. The van der Waals surface area contributed by atoms with Crippen LogP contribution in [0.1, 0.15) is 5.56 Å². The Kier molecular flexibility index (Phi) is 4.43. The fourth-order valence-electron chi connectivity index (χ4n) is 1.85. The molecule has 0 radical (unpaired) electrons. The third-order valence-electron chi connectivity index (χ3n) is 2.65. The van der Waals surface area contributed by atoms with Crippen LogP contribution >= 0.6 is 22.6 Å². The molecular weight excluding hydrogens is 449 g/mol. The van der Waals surface area contributed by atoms with Crippen LogP contribution in [0.4, 0.5) is 26.3 Å². The number of benzene rings is 1. The van der Waals surface area contributed by atoms with Crippen molar-refractivity contribution >= 4 is 34.6 Å². The van der Waals surface area contributed by atoms with E-state index in [9.17, 15) is 31.1 Å². The fraction of sp³-hybridized carbons (Fsp3) is 0.250. The molecule has 1 aromatic carbocycles. The molecule has 11 heteroatoms. The van der Waals surface area contributed by atoms with Crippen LogP contribution in [0.5, 0.6) is 11.5 Å². The minimum absolute atomic E-state index is 0.0886. The molecule has 1 aliphatic heterocycles. The minimum atomic E-state index is -5.00. The van der Waals surface area contributed by atoms with Gasteiger partial charge in [0.25, 0.3) is 0 Å². The summed E-state index contributed by atoms with van der Waals surface area (Å²) in [5, 5.41) is 8.86. The second-order valence-electron chi connectivity index (χ2n) is 4.32. The number of carboxylic acids is 1. The summed E-state index contributed by atoms with van der Waals surface area (Å²) >= 11 is 1.47. The van der Waals surface area contributed by atoms with E-state index in [-0.39, 0.29) is 14.9 Å². The number of halogens is 7. The van der Waals surface area contributed by atoms with Crippen molar-refractivity contribution in [2.75, 3.05) is 0 Å². The Morgan fingerprint density at radius 3 is 2.30 bits per heavy atom. The highest BCUT2D eigenvalue weighted by molar-refractivity contribution is 14.1. The number of rotatable bonds is 2. The molecule has 1 N–H and O–H groups in total. The standard InChI is InChI=1S/C12H5F6IO4/c13-11(14,15)9-6(10(20)21)2-4-1-5(23-12(16,17)18)3-7(19)8(4)22-9/h1-3,9H,(H,20,21). The van der Waals surface area contributed by atoms with Gasteiger partial charge in [-0.05, 0) is 40.8 Å². The number of fused-ring (bicyclic) bond motifs is 1. The monoisotopic (exact) mass is 454 g/mol. The molecule has 0 bridgehead atoms. The van der Waals surface area contributed by atoms with E-state index in [1.807, 2.05) is 0 Å². The zero-order valence-electron chi connectivity index (χ0n) is 10.6. The fourth-order valence-corrected chi connectivity index (χ4v) is 2.60. The normalized spacial score (nSPS) is 17.9. The van der Waals surface area contributed by atoms with Crippen molar-refractivity contribution in [1.82, 2.24) is 0 Å². The van der Waals surface area contributed by atoms with Crippen LogP contribution in [-0.4, -0.2) is 29.7 Å². The number of alkyl halides is 6. The first kappa shape index (κ1) is 17.7. The van der Waals surface area contributed by atoms with Gasteiger partial charge in [0.2, 0.25) is 6.10 Å². The number of hydrogen-bond acceptors (Lipinski definition) is 3. The highest BCUT2D eigenvalue weighted by Crippen LogP contribution is 2.42. The zero-order chi connectivity index (χ0) is 17.6. The van der Waals surface area contributed by atoms with Gasteiger partial charge in [0.1, 0.15) is 11.5 Å². The summed E-state index contributed by atoms with van der Waals surface area (Å²) in [4.78, 5) is 11.0. The van der Waals surface area contributed by atoms with E-state index >= 15 is 0 Å². The van der Waals surface area contributed by atoms with E-state index in [1.165, 1.54) is 22.6 Å². The van der Waals surface area contributed by atoms with Crippen LogP contribution in [0.3, 0.4) is 0 Å². The van der Waals surface area contributed by atoms with Crippen molar-refractivity contribution in [2.24, 2.45) is 0 Å². The summed E-state index contributed by atoms with van der Waals surface area (Å²) in [5.41, 5.74) is -1.39. The molecule has 1 atom stereocenters. The summed E-state index contributed by atoms with van der Waals surface area (Å²) < 4.78 is 83.5. The van der Waals surface area contributed by atoms with Gasteiger partial charge in [-0.25, -0.2) is 4.79 Å². The van der Waals surface area contributed by atoms with Crippen LogP contribution in [0, 0.1) is 3.57 Å². The maximum Gasteiger partial charge on any atom is 0.573 e. The number of aliphatic carboxylic acids is 1. The Balaban J connectivity index is 2.53.